The highest BCUT2D eigenvalue weighted by Crippen LogP contribution is 2.44. The van der Waals surface area contributed by atoms with Gasteiger partial charge in [0.2, 0.25) is 0 Å². The van der Waals surface area contributed by atoms with Gasteiger partial charge in [-0.05, 0) is 34.2 Å². The maximum absolute atomic E-state index is 12.7. The molecule has 0 aliphatic heterocycles. The first-order valence-corrected chi connectivity index (χ1v) is 11.5. The number of hydrogen-bond donors (Lipinski definition) is 1. The standard InChI is InChI=1S/C28H29NO5/c1-32-27(30)16-15-21(18-33-17-20-9-3-2-4-10-20)29-28(31)34-19-26-24-13-7-5-11-22(24)23-12-6-8-14-25(23)26/h2-14,21,26H,15-19H2,1H3,(H,29,31)/t21-/m0/s1. The molecule has 6 heteroatoms. The molecule has 0 saturated heterocycles. The average molecular weight is 460 g/mol. The molecule has 3 aromatic rings. The Morgan fingerprint density at radius 1 is 0.882 bits per heavy atom. The lowest BCUT2D eigenvalue weighted by atomic mass is 9.98. The molecule has 1 amide bonds. The first-order valence-electron chi connectivity index (χ1n) is 11.5. The minimum Gasteiger partial charge on any atom is -0.469 e. The second kappa shape index (κ2) is 11.5. The highest BCUT2D eigenvalue weighted by molar-refractivity contribution is 5.79. The Morgan fingerprint density at radius 3 is 2.15 bits per heavy atom. The van der Waals surface area contributed by atoms with Gasteiger partial charge in [0.25, 0.3) is 0 Å². The van der Waals surface area contributed by atoms with Gasteiger partial charge < -0.3 is 19.5 Å². The van der Waals surface area contributed by atoms with E-state index in [9.17, 15) is 9.59 Å². The Morgan fingerprint density at radius 2 is 1.50 bits per heavy atom. The van der Waals surface area contributed by atoms with Crippen molar-refractivity contribution in [1.29, 1.82) is 0 Å². The number of carbonyl (C=O) groups excluding carboxylic acids is 2. The summed E-state index contributed by atoms with van der Waals surface area (Å²) in [5, 5.41) is 2.86. The molecule has 34 heavy (non-hydrogen) atoms. The average Bonchev–Trinajstić information content (AvgIpc) is 3.20. The van der Waals surface area contributed by atoms with Gasteiger partial charge in [-0.1, -0.05) is 78.9 Å². The van der Waals surface area contributed by atoms with Crippen molar-refractivity contribution in [2.75, 3.05) is 20.3 Å². The molecule has 3 aromatic carbocycles. The largest absolute Gasteiger partial charge is 0.469 e. The molecule has 0 unspecified atom stereocenters. The third-order valence-electron chi connectivity index (χ3n) is 6.02. The molecule has 1 aliphatic carbocycles. The Hall–Kier alpha value is -3.64. The molecule has 1 aliphatic rings. The van der Waals surface area contributed by atoms with E-state index in [0.717, 1.165) is 16.7 Å². The lowest BCUT2D eigenvalue weighted by molar-refractivity contribution is -0.140. The number of hydrogen-bond acceptors (Lipinski definition) is 5. The molecule has 1 atom stereocenters. The summed E-state index contributed by atoms with van der Waals surface area (Å²) < 4.78 is 16.2. The number of carbonyl (C=O) groups is 2. The number of methoxy groups -OCH3 is 1. The normalized spacial score (nSPS) is 13.0. The van der Waals surface area contributed by atoms with E-state index in [1.807, 2.05) is 54.6 Å². The minimum absolute atomic E-state index is 0.0130. The van der Waals surface area contributed by atoms with Gasteiger partial charge in [-0.25, -0.2) is 4.79 Å². The summed E-state index contributed by atoms with van der Waals surface area (Å²) >= 11 is 0. The summed E-state index contributed by atoms with van der Waals surface area (Å²) in [7, 11) is 1.35. The van der Waals surface area contributed by atoms with Crippen LogP contribution < -0.4 is 5.32 Å². The summed E-state index contributed by atoms with van der Waals surface area (Å²) in [6.07, 6.45) is 0.0468. The van der Waals surface area contributed by atoms with Gasteiger partial charge in [0.05, 0.1) is 26.4 Å². The number of esters is 1. The van der Waals surface area contributed by atoms with Crippen molar-refractivity contribution >= 4 is 12.1 Å². The van der Waals surface area contributed by atoms with Crippen LogP contribution in [0, 0.1) is 0 Å². The van der Waals surface area contributed by atoms with E-state index in [1.54, 1.807) is 0 Å². The molecule has 0 fully saturated rings. The fourth-order valence-electron chi connectivity index (χ4n) is 4.29. The zero-order valence-electron chi connectivity index (χ0n) is 19.2. The zero-order chi connectivity index (χ0) is 23.8. The van der Waals surface area contributed by atoms with Crippen LogP contribution in [0.3, 0.4) is 0 Å². The molecule has 4 rings (SSSR count). The van der Waals surface area contributed by atoms with Crippen molar-refractivity contribution in [2.45, 2.75) is 31.4 Å². The van der Waals surface area contributed by atoms with Crippen LogP contribution in [0.1, 0.15) is 35.4 Å². The minimum atomic E-state index is -0.528. The predicted octanol–water partition coefficient (Wildman–Crippen LogP) is 5.06. The fourth-order valence-corrected chi connectivity index (χ4v) is 4.29. The molecule has 0 radical (unpaired) electrons. The van der Waals surface area contributed by atoms with Crippen LogP contribution in [0.25, 0.3) is 11.1 Å². The van der Waals surface area contributed by atoms with Crippen molar-refractivity contribution in [3.05, 3.63) is 95.6 Å². The van der Waals surface area contributed by atoms with Crippen LogP contribution in [0.4, 0.5) is 4.79 Å². The summed E-state index contributed by atoms with van der Waals surface area (Å²) in [6.45, 7) is 0.909. The second-order valence-corrected chi connectivity index (χ2v) is 8.28. The van der Waals surface area contributed by atoms with Gasteiger partial charge in [0, 0.05) is 12.3 Å². The number of benzene rings is 3. The van der Waals surface area contributed by atoms with Gasteiger partial charge in [-0.15, -0.1) is 0 Å². The number of ether oxygens (including phenoxy) is 3. The van der Waals surface area contributed by atoms with Crippen LogP contribution in [0.5, 0.6) is 0 Å². The van der Waals surface area contributed by atoms with Crippen LogP contribution >= 0.6 is 0 Å². The quantitative estimate of drug-likeness (QED) is 0.429. The lowest BCUT2D eigenvalue weighted by Gasteiger charge is -2.20. The van der Waals surface area contributed by atoms with E-state index in [1.165, 1.54) is 18.2 Å². The second-order valence-electron chi connectivity index (χ2n) is 8.28. The molecule has 0 aromatic heterocycles. The van der Waals surface area contributed by atoms with Gasteiger partial charge in [0.1, 0.15) is 6.61 Å². The molecular formula is C28H29NO5. The van der Waals surface area contributed by atoms with E-state index >= 15 is 0 Å². The van der Waals surface area contributed by atoms with Crippen molar-refractivity contribution in [3.63, 3.8) is 0 Å². The lowest BCUT2D eigenvalue weighted by Crippen LogP contribution is -2.39. The van der Waals surface area contributed by atoms with Crippen molar-refractivity contribution < 1.29 is 23.8 Å². The van der Waals surface area contributed by atoms with E-state index in [-0.39, 0.29) is 37.6 Å². The summed E-state index contributed by atoms with van der Waals surface area (Å²) in [5.41, 5.74) is 5.71. The molecule has 1 N–H and O–H groups in total. The molecule has 0 saturated carbocycles. The topological polar surface area (TPSA) is 73.9 Å². The Kier molecular flexibility index (Phi) is 7.94. The van der Waals surface area contributed by atoms with E-state index < -0.39 is 6.09 Å². The van der Waals surface area contributed by atoms with Crippen LogP contribution in [-0.2, 0) is 25.6 Å². The van der Waals surface area contributed by atoms with Crippen molar-refractivity contribution in [2.24, 2.45) is 0 Å². The number of alkyl carbamates (subject to hydrolysis) is 1. The molecule has 0 spiro atoms. The smallest absolute Gasteiger partial charge is 0.407 e. The van der Waals surface area contributed by atoms with E-state index in [0.29, 0.717) is 13.0 Å². The fraction of sp³-hybridized carbons (Fsp3) is 0.286. The predicted molar refractivity (Wildman–Crippen MR) is 129 cm³/mol. The van der Waals surface area contributed by atoms with Gasteiger partial charge in [-0.3, -0.25) is 4.79 Å². The Labute approximate surface area is 199 Å². The molecular weight excluding hydrogens is 430 g/mol. The van der Waals surface area contributed by atoms with Gasteiger partial charge >= 0.3 is 12.1 Å². The van der Waals surface area contributed by atoms with Crippen LogP contribution in [0.2, 0.25) is 0 Å². The number of fused-ring (bicyclic) bond motifs is 3. The highest BCUT2D eigenvalue weighted by atomic mass is 16.5. The Balaban J connectivity index is 1.35. The maximum Gasteiger partial charge on any atom is 0.407 e. The molecule has 6 nitrogen and oxygen atoms in total. The number of rotatable bonds is 10. The summed E-state index contributed by atoms with van der Waals surface area (Å²) in [5.74, 6) is -0.344. The molecule has 0 heterocycles. The summed E-state index contributed by atoms with van der Waals surface area (Å²) in [6, 6.07) is 25.8. The van der Waals surface area contributed by atoms with Gasteiger partial charge in [-0.2, -0.15) is 0 Å². The highest BCUT2D eigenvalue weighted by Gasteiger charge is 2.29. The monoisotopic (exact) mass is 459 g/mol. The van der Waals surface area contributed by atoms with Crippen LogP contribution in [0.15, 0.2) is 78.9 Å². The SMILES string of the molecule is COC(=O)CC[C@@H](COCc1ccccc1)NC(=O)OCC1c2ccccc2-c2ccccc21. The Bertz CT molecular complexity index is 1070. The first kappa shape index (κ1) is 23.5. The first-order chi connectivity index (χ1) is 16.7. The third kappa shape index (κ3) is 5.83. The van der Waals surface area contributed by atoms with Gasteiger partial charge in [0.15, 0.2) is 0 Å². The van der Waals surface area contributed by atoms with Crippen LogP contribution in [-0.4, -0.2) is 38.4 Å². The summed E-state index contributed by atoms with van der Waals surface area (Å²) in [4.78, 5) is 24.3. The van der Waals surface area contributed by atoms with E-state index in [2.05, 4.69) is 29.6 Å². The number of amides is 1. The third-order valence-corrected chi connectivity index (χ3v) is 6.02. The van der Waals surface area contributed by atoms with Crippen molar-refractivity contribution in [1.82, 2.24) is 5.32 Å². The van der Waals surface area contributed by atoms with E-state index in [4.69, 9.17) is 14.2 Å². The zero-order valence-corrected chi connectivity index (χ0v) is 19.2. The van der Waals surface area contributed by atoms with Crippen molar-refractivity contribution in [3.8, 4) is 11.1 Å². The number of nitrogens with one attached hydrogen (secondary N) is 1. The molecule has 0 bridgehead atoms. The maximum atomic E-state index is 12.7. The molecule has 176 valence electrons.